The van der Waals surface area contributed by atoms with E-state index in [0.29, 0.717) is 11.8 Å². The van der Waals surface area contributed by atoms with Gasteiger partial charge in [0.25, 0.3) is 0 Å². The summed E-state index contributed by atoms with van der Waals surface area (Å²) in [6.45, 7) is 1.14. The smallest absolute Gasteiger partial charge is 0.133 e. The molecule has 0 saturated heterocycles. The molecular formula is C14H17NO. The first kappa shape index (κ1) is 9.88. The average molecular weight is 215 g/mol. The van der Waals surface area contributed by atoms with E-state index in [1.807, 2.05) is 0 Å². The Labute approximate surface area is 96.3 Å². The average Bonchev–Trinajstić information content (AvgIpc) is 2.74. The van der Waals surface area contributed by atoms with Crippen LogP contribution in [0.25, 0.3) is 0 Å². The summed E-state index contributed by atoms with van der Waals surface area (Å²) in [5.41, 5.74) is 2.88. The Morgan fingerprint density at radius 3 is 2.62 bits per heavy atom. The third-order valence-corrected chi connectivity index (χ3v) is 3.88. The molecule has 3 rings (SSSR count). The Balaban J connectivity index is 1.80. The van der Waals surface area contributed by atoms with Crippen LogP contribution >= 0.6 is 0 Å². The lowest BCUT2D eigenvalue weighted by molar-refractivity contribution is -0.120. The summed E-state index contributed by atoms with van der Waals surface area (Å²) in [6, 6.07) is 9.28. The van der Waals surface area contributed by atoms with Crippen LogP contribution in [0.1, 0.15) is 31.2 Å². The molecule has 1 heterocycles. The third-order valence-electron chi connectivity index (χ3n) is 3.88. The van der Waals surface area contributed by atoms with Gasteiger partial charge in [0.05, 0.1) is 0 Å². The summed E-state index contributed by atoms with van der Waals surface area (Å²) < 4.78 is 0. The van der Waals surface area contributed by atoms with Gasteiger partial charge >= 0.3 is 0 Å². The minimum absolute atomic E-state index is 0.448. The number of anilines is 1. The highest BCUT2D eigenvalue weighted by Crippen LogP contribution is 2.33. The molecule has 1 aliphatic heterocycles. The Kier molecular flexibility index (Phi) is 2.43. The molecule has 0 radical (unpaired) electrons. The molecule has 2 aliphatic rings. The van der Waals surface area contributed by atoms with Gasteiger partial charge in [0.2, 0.25) is 0 Å². The van der Waals surface area contributed by atoms with Crippen LogP contribution in [0.3, 0.4) is 0 Å². The van der Waals surface area contributed by atoms with E-state index in [-0.39, 0.29) is 0 Å². The van der Waals surface area contributed by atoms with E-state index in [0.717, 1.165) is 32.2 Å². The van der Waals surface area contributed by atoms with Gasteiger partial charge in [0.15, 0.2) is 0 Å². The maximum atomic E-state index is 11.3. The Morgan fingerprint density at radius 2 is 1.81 bits per heavy atom. The molecule has 1 fully saturated rings. The minimum Gasteiger partial charge on any atom is -0.368 e. The Morgan fingerprint density at radius 1 is 1.06 bits per heavy atom. The highest BCUT2D eigenvalue weighted by Gasteiger charge is 2.28. The van der Waals surface area contributed by atoms with Crippen LogP contribution in [0.5, 0.6) is 0 Å². The first-order chi connectivity index (χ1) is 7.84. The van der Waals surface area contributed by atoms with E-state index in [1.165, 1.54) is 17.7 Å². The highest BCUT2D eigenvalue weighted by molar-refractivity contribution is 5.79. The van der Waals surface area contributed by atoms with Crippen molar-refractivity contribution in [3.8, 4) is 0 Å². The summed E-state index contributed by atoms with van der Waals surface area (Å²) in [5, 5.41) is 0. The Bertz CT molecular complexity index is 403. The molecule has 0 unspecified atom stereocenters. The fraction of sp³-hybridized carbons (Fsp3) is 0.500. The maximum Gasteiger partial charge on any atom is 0.133 e. The molecule has 2 heteroatoms. The van der Waals surface area contributed by atoms with Gasteiger partial charge in [-0.1, -0.05) is 18.2 Å². The van der Waals surface area contributed by atoms with Gasteiger partial charge in [-0.15, -0.1) is 0 Å². The maximum absolute atomic E-state index is 11.3. The number of Topliss-reactive ketones (excluding diaryl/α,β-unsaturated/α-hetero) is 1. The van der Waals surface area contributed by atoms with E-state index in [4.69, 9.17) is 0 Å². The van der Waals surface area contributed by atoms with Gasteiger partial charge in [0, 0.05) is 31.1 Å². The quantitative estimate of drug-likeness (QED) is 0.717. The van der Waals surface area contributed by atoms with Crippen LogP contribution in [-0.4, -0.2) is 18.4 Å². The molecule has 1 aromatic rings. The van der Waals surface area contributed by atoms with E-state index < -0.39 is 0 Å². The first-order valence-corrected chi connectivity index (χ1v) is 6.21. The van der Waals surface area contributed by atoms with Crippen LogP contribution in [0.15, 0.2) is 24.3 Å². The van der Waals surface area contributed by atoms with E-state index in [9.17, 15) is 4.79 Å². The van der Waals surface area contributed by atoms with E-state index >= 15 is 0 Å². The summed E-state index contributed by atoms with van der Waals surface area (Å²) in [5.74, 6) is 0.448. The lowest BCUT2D eigenvalue weighted by Gasteiger charge is -2.32. The first-order valence-electron chi connectivity index (χ1n) is 6.21. The van der Waals surface area contributed by atoms with Gasteiger partial charge in [-0.25, -0.2) is 0 Å². The second-order valence-corrected chi connectivity index (χ2v) is 4.84. The number of fused-ring (bicyclic) bond motifs is 1. The molecule has 0 atom stereocenters. The standard InChI is InChI=1S/C14H17NO/c16-13-7-5-12(6-8-13)15-10-9-11-3-1-2-4-14(11)15/h1-4,12H,5-10H2. The molecule has 2 nitrogen and oxygen atoms in total. The molecular weight excluding hydrogens is 198 g/mol. The summed E-state index contributed by atoms with van der Waals surface area (Å²) in [7, 11) is 0. The number of carbonyl (C=O) groups is 1. The van der Waals surface area contributed by atoms with Crippen molar-refractivity contribution in [2.24, 2.45) is 0 Å². The van der Waals surface area contributed by atoms with Crippen LogP contribution in [0, 0.1) is 0 Å². The molecule has 0 spiro atoms. The van der Waals surface area contributed by atoms with E-state index in [1.54, 1.807) is 0 Å². The van der Waals surface area contributed by atoms with Gasteiger partial charge in [-0.05, 0) is 30.9 Å². The molecule has 0 aromatic heterocycles. The largest absolute Gasteiger partial charge is 0.368 e. The molecule has 0 bridgehead atoms. The minimum atomic E-state index is 0.448. The molecule has 84 valence electrons. The number of carbonyl (C=O) groups excluding carboxylic acids is 1. The molecule has 0 N–H and O–H groups in total. The van der Waals surface area contributed by atoms with E-state index in [2.05, 4.69) is 29.2 Å². The zero-order valence-electron chi connectivity index (χ0n) is 9.48. The summed E-state index contributed by atoms with van der Waals surface area (Å²) in [4.78, 5) is 13.8. The van der Waals surface area contributed by atoms with Crippen molar-refractivity contribution in [2.75, 3.05) is 11.4 Å². The number of ketones is 1. The van der Waals surface area contributed by atoms with Gasteiger partial charge in [0.1, 0.15) is 5.78 Å². The second-order valence-electron chi connectivity index (χ2n) is 4.84. The van der Waals surface area contributed by atoms with Crippen LogP contribution in [0.4, 0.5) is 5.69 Å². The van der Waals surface area contributed by atoms with Crippen molar-refractivity contribution < 1.29 is 4.79 Å². The zero-order valence-corrected chi connectivity index (χ0v) is 9.48. The number of benzene rings is 1. The topological polar surface area (TPSA) is 20.3 Å². The predicted octanol–water partition coefficient (Wildman–Crippen LogP) is 2.56. The summed E-state index contributed by atoms with van der Waals surface area (Å²) >= 11 is 0. The SMILES string of the molecule is O=C1CCC(N2CCc3ccccc32)CC1. The number of para-hydroxylation sites is 1. The fourth-order valence-electron chi connectivity index (χ4n) is 2.98. The predicted molar refractivity (Wildman–Crippen MR) is 64.8 cm³/mol. The fourth-order valence-corrected chi connectivity index (χ4v) is 2.98. The van der Waals surface area contributed by atoms with Crippen molar-refractivity contribution in [3.05, 3.63) is 29.8 Å². The molecule has 16 heavy (non-hydrogen) atoms. The van der Waals surface area contributed by atoms with Gasteiger partial charge < -0.3 is 4.90 Å². The second kappa shape index (κ2) is 3.93. The normalized spacial score (nSPS) is 21.2. The highest BCUT2D eigenvalue weighted by atomic mass is 16.1. The number of hydrogen-bond donors (Lipinski definition) is 0. The van der Waals surface area contributed by atoms with Crippen LogP contribution in [0.2, 0.25) is 0 Å². The van der Waals surface area contributed by atoms with Crippen molar-refractivity contribution in [1.82, 2.24) is 0 Å². The van der Waals surface area contributed by atoms with Gasteiger partial charge in [-0.2, -0.15) is 0 Å². The third kappa shape index (κ3) is 1.62. The van der Waals surface area contributed by atoms with Crippen molar-refractivity contribution in [3.63, 3.8) is 0 Å². The van der Waals surface area contributed by atoms with Crippen LogP contribution < -0.4 is 4.90 Å². The van der Waals surface area contributed by atoms with Crippen molar-refractivity contribution in [2.45, 2.75) is 38.1 Å². The zero-order chi connectivity index (χ0) is 11.0. The number of rotatable bonds is 1. The molecule has 1 saturated carbocycles. The number of nitrogens with zero attached hydrogens (tertiary/aromatic N) is 1. The van der Waals surface area contributed by atoms with Crippen LogP contribution in [-0.2, 0) is 11.2 Å². The molecule has 1 aliphatic carbocycles. The summed E-state index contributed by atoms with van der Waals surface area (Å²) in [6.07, 6.45) is 4.83. The lowest BCUT2D eigenvalue weighted by Crippen LogP contribution is -2.37. The molecule has 0 amide bonds. The number of hydrogen-bond acceptors (Lipinski definition) is 2. The Hall–Kier alpha value is -1.31. The van der Waals surface area contributed by atoms with Crippen molar-refractivity contribution >= 4 is 11.5 Å². The molecule has 1 aromatic carbocycles. The van der Waals surface area contributed by atoms with Gasteiger partial charge in [-0.3, -0.25) is 4.79 Å². The lowest BCUT2D eigenvalue weighted by atomic mass is 9.93. The monoisotopic (exact) mass is 215 g/mol. The van der Waals surface area contributed by atoms with Crippen molar-refractivity contribution in [1.29, 1.82) is 0 Å².